The molecular weight excluding hydrogens is 250 g/mol. The number of hydrogen-bond donors (Lipinski definition) is 1. The van der Waals surface area contributed by atoms with Crippen molar-refractivity contribution in [3.8, 4) is 11.5 Å². The molecule has 0 aromatic heterocycles. The summed E-state index contributed by atoms with van der Waals surface area (Å²) in [5, 5.41) is 3.62. The summed E-state index contributed by atoms with van der Waals surface area (Å²) in [5.41, 5.74) is 1.22. The molecule has 1 aliphatic rings. The maximum atomic E-state index is 5.84. The van der Waals surface area contributed by atoms with E-state index in [0.29, 0.717) is 19.3 Å². The predicted molar refractivity (Wildman–Crippen MR) is 82.5 cm³/mol. The Bertz CT molecular complexity index is 431. The van der Waals surface area contributed by atoms with Gasteiger partial charge in [0.15, 0.2) is 11.5 Å². The molecule has 0 spiro atoms. The molecule has 2 rings (SSSR count). The van der Waals surface area contributed by atoms with Crippen LogP contribution in [-0.2, 0) is 0 Å². The highest BCUT2D eigenvalue weighted by Crippen LogP contribution is 2.38. The lowest BCUT2D eigenvalue weighted by Crippen LogP contribution is -2.24. The van der Waals surface area contributed by atoms with Gasteiger partial charge in [-0.1, -0.05) is 25.1 Å². The number of para-hydroxylation sites is 1. The molecule has 0 bridgehead atoms. The molecular formula is C17H25NO2. The highest BCUT2D eigenvalue weighted by Gasteiger charge is 2.21. The summed E-state index contributed by atoms with van der Waals surface area (Å²) in [5.74, 6) is 1.80. The van der Waals surface area contributed by atoms with Crippen molar-refractivity contribution in [2.45, 2.75) is 38.6 Å². The highest BCUT2D eigenvalue weighted by atomic mass is 16.6. The maximum absolute atomic E-state index is 5.84. The Labute approximate surface area is 122 Å². The molecule has 1 aromatic rings. The maximum Gasteiger partial charge on any atom is 0.166 e. The second-order valence-corrected chi connectivity index (χ2v) is 5.10. The van der Waals surface area contributed by atoms with E-state index < -0.39 is 0 Å². The fraction of sp³-hybridized carbons (Fsp3) is 0.529. The number of ether oxygens (including phenoxy) is 2. The summed E-state index contributed by atoms with van der Waals surface area (Å²) >= 11 is 0. The van der Waals surface area contributed by atoms with E-state index in [1.54, 1.807) is 0 Å². The summed E-state index contributed by atoms with van der Waals surface area (Å²) in [6.45, 7) is 8.28. The molecule has 0 amide bonds. The summed E-state index contributed by atoms with van der Waals surface area (Å²) in [7, 11) is 0. The van der Waals surface area contributed by atoms with E-state index in [1.165, 1.54) is 5.56 Å². The van der Waals surface area contributed by atoms with Crippen molar-refractivity contribution in [2.75, 3.05) is 19.8 Å². The molecule has 1 N–H and O–H groups in total. The van der Waals surface area contributed by atoms with Gasteiger partial charge in [0.25, 0.3) is 0 Å². The van der Waals surface area contributed by atoms with Crippen molar-refractivity contribution in [2.24, 2.45) is 0 Å². The van der Waals surface area contributed by atoms with Gasteiger partial charge in [-0.05, 0) is 38.3 Å². The molecule has 1 aliphatic heterocycles. The third-order valence-electron chi connectivity index (χ3n) is 3.51. The largest absolute Gasteiger partial charge is 0.486 e. The van der Waals surface area contributed by atoms with Gasteiger partial charge in [-0.2, -0.15) is 0 Å². The van der Waals surface area contributed by atoms with Gasteiger partial charge in [0.1, 0.15) is 13.2 Å². The standard InChI is InChI=1S/C17H25NO2/c1-3-5-6-9-15(18-11-4-2)14-8-7-10-16-17(14)20-13-12-19-16/h3,7-8,10,15,18H,1,4-6,9,11-13H2,2H3. The SMILES string of the molecule is C=CCCCC(NCCC)c1cccc2c1OCCO2. The summed E-state index contributed by atoms with van der Waals surface area (Å²) in [6.07, 6.45) is 6.39. The Morgan fingerprint density at radius 1 is 1.35 bits per heavy atom. The van der Waals surface area contributed by atoms with E-state index in [1.807, 2.05) is 12.1 Å². The average Bonchev–Trinajstić information content (AvgIpc) is 2.50. The zero-order chi connectivity index (χ0) is 14.2. The first kappa shape index (κ1) is 14.9. The van der Waals surface area contributed by atoms with Crippen LogP contribution in [0.2, 0.25) is 0 Å². The molecule has 110 valence electrons. The molecule has 0 radical (unpaired) electrons. The zero-order valence-electron chi connectivity index (χ0n) is 12.4. The molecule has 20 heavy (non-hydrogen) atoms. The lowest BCUT2D eigenvalue weighted by molar-refractivity contribution is 0.168. The quantitative estimate of drug-likeness (QED) is 0.577. The Kier molecular flexibility index (Phi) is 5.93. The second-order valence-electron chi connectivity index (χ2n) is 5.10. The van der Waals surface area contributed by atoms with E-state index in [-0.39, 0.29) is 0 Å². The number of fused-ring (bicyclic) bond motifs is 1. The van der Waals surface area contributed by atoms with Crippen molar-refractivity contribution in [1.29, 1.82) is 0 Å². The molecule has 1 atom stereocenters. The Hall–Kier alpha value is -1.48. The summed E-state index contributed by atoms with van der Waals surface area (Å²) in [4.78, 5) is 0. The first-order valence-corrected chi connectivity index (χ1v) is 7.59. The van der Waals surface area contributed by atoms with Crippen molar-refractivity contribution in [3.05, 3.63) is 36.4 Å². The predicted octanol–water partition coefficient (Wildman–Crippen LogP) is 3.85. The number of benzene rings is 1. The van der Waals surface area contributed by atoms with E-state index >= 15 is 0 Å². The highest BCUT2D eigenvalue weighted by molar-refractivity contribution is 5.48. The molecule has 1 aromatic carbocycles. The number of rotatable bonds is 8. The molecule has 1 heterocycles. The van der Waals surface area contributed by atoms with Crippen LogP contribution >= 0.6 is 0 Å². The molecule has 3 heteroatoms. The van der Waals surface area contributed by atoms with Crippen LogP contribution in [0.5, 0.6) is 11.5 Å². The van der Waals surface area contributed by atoms with Crippen molar-refractivity contribution in [1.82, 2.24) is 5.32 Å². The van der Waals surface area contributed by atoms with Crippen LogP contribution in [-0.4, -0.2) is 19.8 Å². The minimum Gasteiger partial charge on any atom is -0.486 e. The fourth-order valence-electron chi connectivity index (χ4n) is 2.52. The van der Waals surface area contributed by atoms with Crippen molar-refractivity contribution in [3.63, 3.8) is 0 Å². The monoisotopic (exact) mass is 275 g/mol. The van der Waals surface area contributed by atoms with Gasteiger partial charge < -0.3 is 14.8 Å². The van der Waals surface area contributed by atoms with E-state index in [2.05, 4.69) is 31.0 Å². The van der Waals surface area contributed by atoms with E-state index in [9.17, 15) is 0 Å². The first-order chi connectivity index (χ1) is 9.86. The van der Waals surface area contributed by atoms with Crippen LogP contribution in [0, 0.1) is 0 Å². The van der Waals surface area contributed by atoms with Crippen LogP contribution in [0.15, 0.2) is 30.9 Å². The van der Waals surface area contributed by atoms with Gasteiger partial charge in [-0.3, -0.25) is 0 Å². The van der Waals surface area contributed by atoms with Gasteiger partial charge in [0.05, 0.1) is 0 Å². The first-order valence-electron chi connectivity index (χ1n) is 7.59. The number of hydrogen-bond acceptors (Lipinski definition) is 3. The van der Waals surface area contributed by atoms with Crippen LogP contribution in [0.1, 0.15) is 44.2 Å². The number of nitrogens with one attached hydrogen (secondary N) is 1. The minimum atomic E-state index is 0.326. The van der Waals surface area contributed by atoms with Gasteiger partial charge in [0, 0.05) is 11.6 Å². The van der Waals surface area contributed by atoms with Crippen LogP contribution < -0.4 is 14.8 Å². The van der Waals surface area contributed by atoms with E-state index in [0.717, 1.165) is 43.7 Å². The molecule has 0 aliphatic carbocycles. The lowest BCUT2D eigenvalue weighted by atomic mass is 9.99. The van der Waals surface area contributed by atoms with Gasteiger partial charge in [-0.25, -0.2) is 0 Å². The fourth-order valence-corrected chi connectivity index (χ4v) is 2.52. The van der Waals surface area contributed by atoms with Gasteiger partial charge in [-0.15, -0.1) is 6.58 Å². The zero-order valence-corrected chi connectivity index (χ0v) is 12.4. The summed E-state index contributed by atoms with van der Waals surface area (Å²) in [6, 6.07) is 6.51. The third-order valence-corrected chi connectivity index (χ3v) is 3.51. The molecule has 1 unspecified atom stereocenters. The topological polar surface area (TPSA) is 30.5 Å². The normalized spacial score (nSPS) is 14.8. The third kappa shape index (κ3) is 3.76. The lowest BCUT2D eigenvalue weighted by Gasteiger charge is -2.26. The molecule has 0 saturated heterocycles. The minimum absolute atomic E-state index is 0.326. The number of allylic oxidation sites excluding steroid dienone is 1. The molecule has 3 nitrogen and oxygen atoms in total. The Morgan fingerprint density at radius 3 is 3.00 bits per heavy atom. The van der Waals surface area contributed by atoms with Crippen LogP contribution in [0.3, 0.4) is 0 Å². The van der Waals surface area contributed by atoms with Gasteiger partial charge >= 0.3 is 0 Å². The van der Waals surface area contributed by atoms with Crippen molar-refractivity contribution < 1.29 is 9.47 Å². The van der Waals surface area contributed by atoms with Crippen LogP contribution in [0.25, 0.3) is 0 Å². The average molecular weight is 275 g/mol. The molecule has 0 fully saturated rings. The Balaban J connectivity index is 2.16. The smallest absolute Gasteiger partial charge is 0.166 e. The van der Waals surface area contributed by atoms with E-state index in [4.69, 9.17) is 9.47 Å². The molecule has 0 saturated carbocycles. The number of unbranched alkanes of at least 4 members (excludes halogenated alkanes) is 1. The van der Waals surface area contributed by atoms with Gasteiger partial charge in [0.2, 0.25) is 0 Å². The Morgan fingerprint density at radius 2 is 2.20 bits per heavy atom. The van der Waals surface area contributed by atoms with Crippen molar-refractivity contribution >= 4 is 0 Å². The second kappa shape index (κ2) is 7.95. The van der Waals surface area contributed by atoms with Crippen LogP contribution in [0.4, 0.5) is 0 Å². The summed E-state index contributed by atoms with van der Waals surface area (Å²) < 4.78 is 11.5.